The third-order valence-electron chi connectivity index (χ3n) is 4.05. The maximum Gasteiger partial charge on any atom is 0.226 e. The number of hydrogen-bond donors (Lipinski definition) is 1. The summed E-state index contributed by atoms with van der Waals surface area (Å²) in [4.78, 5) is 25.3. The summed E-state index contributed by atoms with van der Waals surface area (Å²) >= 11 is 0. The molecule has 2 amide bonds. The van der Waals surface area contributed by atoms with Crippen molar-refractivity contribution in [1.82, 2.24) is 0 Å². The topological polar surface area (TPSA) is 49.4 Å². The van der Waals surface area contributed by atoms with Crippen LogP contribution in [0.5, 0.6) is 0 Å². The minimum Gasteiger partial charge on any atom is -0.323 e. The Hall–Kier alpha value is -2.83. The second kappa shape index (κ2) is 8.03. The van der Waals surface area contributed by atoms with Crippen molar-refractivity contribution >= 4 is 23.2 Å². The molecule has 0 aliphatic heterocycles. The van der Waals surface area contributed by atoms with Crippen LogP contribution in [0.15, 0.2) is 30.3 Å². The number of benzene rings is 2. The van der Waals surface area contributed by atoms with E-state index in [2.05, 4.69) is 5.32 Å². The predicted molar refractivity (Wildman–Crippen MR) is 93.5 cm³/mol. The van der Waals surface area contributed by atoms with Crippen molar-refractivity contribution in [1.29, 1.82) is 0 Å². The van der Waals surface area contributed by atoms with E-state index in [9.17, 15) is 22.8 Å². The average Bonchev–Trinajstić information content (AvgIpc) is 2.58. The molecular weight excluding hydrogens is 345 g/mol. The molecule has 0 saturated carbocycles. The van der Waals surface area contributed by atoms with E-state index in [1.165, 1.54) is 11.8 Å². The minimum atomic E-state index is -1.65. The van der Waals surface area contributed by atoms with Crippen LogP contribution in [0.25, 0.3) is 0 Å². The van der Waals surface area contributed by atoms with Gasteiger partial charge in [0.2, 0.25) is 11.8 Å². The maximum atomic E-state index is 13.6. The van der Waals surface area contributed by atoms with Crippen molar-refractivity contribution in [3.05, 3.63) is 58.9 Å². The SMILES string of the molecule is CC(=O)N(CCC(=O)Nc1ccc(F)c(F)c1F)c1ccc(C)c(C)c1. The molecule has 0 aliphatic carbocycles. The summed E-state index contributed by atoms with van der Waals surface area (Å²) < 4.78 is 39.7. The minimum absolute atomic E-state index is 0.0644. The summed E-state index contributed by atoms with van der Waals surface area (Å²) in [5.41, 5.74) is 2.27. The van der Waals surface area contributed by atoms with Crippen LogP contribution in [-0.2, 0) is 9.59 Å². The predicted octanol–water partition coefficient (Wildman–Crippen LogP) is 4.10. The van der Waals surface area contributed by atoms with Gasteiger partial charge in [0, 0.05) is 25.6 Å². The zero-order valence-electron chi connectivity index (χ0n) is 14.7. The number of anilines is 2. The van der Waals surface area contributed by atoms with Crippen LogP contribution in [0.3, 0.4) is 0 Å². The molecule has 0 radical (unpaired) electrons. The van der Waals surface area contributed by atoms with Gasteiger partial charge in [-0.3, -0.25) is 9.59 Å². The fraction of sp³-hybridized carbons (Fsp3) is 0.263. The van der Waals surface area contributed by atoms with Gasteiger partial charge in [0.1, 0.15) is 0 Å². The van der Waals surface area contributed by atoms with Crippen molar-refractivity contribution < 1.29 is 22.8 Å². The summed E-state index contributed by atoms with van der Waals surface area (Å²) in [6, 6.07) is 7.15. The third-order valence-corrected chi connectivity index (χ3v) is 4.05. The molecule has 0 heterocycles. The highest BCUT2D eigenvalue weighted by molar-refractivity contribution is 5.94. The molecule has 0 bridgehead atoms. The molecule has 2 rings (SSSR count). The van der Waals surface area contributed by atoms with Gasteiger partial charge >= 0.3 is 0 Å². The van der Waals surface area contributed by atoms with E-state index in [0.717, 1.165) is 23.3 Å². The second-order valence-electron chi connectivity index (χ2n) is 5.96. The third kappa shape index (κ3) is 4.41. The highest BCUT2D eigenvalue weighted by Gasteiger charge is 2.17. The lowest BCUT2D eigenvalue weighted by Crippen LogP contribution is -2.32. The second-order valence-corrected chi connectivity index (χ2v) is 5.96. The number of halogens is 3. The van der Waals surface area contributed by atoms with Crippen LogP contribution in [0.1, 0.15) is 24.5 Å². The Morgan fingerprint density at radius 1 is 1.00 bits per heavy atom. The fourth-order valence-electron chi connectivity index (χ4n) is 2.41. The van der Waals surface area contributed by atoms with Gasteiger partial charge in [-0.1, -0.05) is 6.07 Å². The molecule has 0 atom stereocenters. The van der Waals surface area contributed by atoms with Gasteiger partial charge in [0.05, 0.1) is 5.69 Å². The molecule has 4 nitrogen and oxygen atoms in total. The first kappa shape index (κ1) is 19.5. The van der Waals surface area contributed by atoms with E-state index in [0.29, 0.717) is 5.69 Å². The lowest BCUT2D eigenvalue weighted by atomic mass is 10.1. The van der Waals surface area contributed by atoms with Crippen LogP contribution in [0, 0.1) is 31.3 Å². The number of amides is 2. The summed E-state index contributed by atoms with van der Waals surface area (Å²) in [7, 11) is 0. The average molecular weight is 364 g/mol. The Bertz CT molecular complexity index is 853. The van der Waals surface area contributed by atoms with E-state index in [1.54, 1.807) is 6.07 Å². The van der Waals surface area contributed by atoms with Crippen molar-refractivity contribution in [3.63, 3.8) is 0 Å². The van der Waals surface area contributed by atoms with Crippen molar-refractivity contribution in [2.75, 3.05) is 16.8 Å². The quantitative estimate of drug-likeness (QED) is 0.812. The fourth-order valence-corrected chi connectivity index (χ4v) is 2.41. The Kier molecular flexibility index (Phi) is 6.02. The molecule has 0 fully saturated rings. The van der Waals surface area contributed by atoms with Gasteiger partial charge in [0.15, 0.2) is 17.5 Å². The van der Waals surface area contributed by atoms with E-state index in [4.69, 9.17) is 0 Å². The Labute approximate surface area is 149 Å². The van der Waals surface area contributed by atoms with Gasteiger partial charge in [0.25, 0.3) is 0 Å². The first-order valence-electron chi connectivity index (χ1n) is 7.99. The molecule has 0 unspecified atom stereocenters. The number of hydrogen-bond acceptors (Lipinski definition) is 2. The summed E-state index contributed by atoms with van der Waals surface area (Å²) in [6.45, 7) is 5.30. The highest BCUT2D eigenvalue weighted by atomic mass is 19.2. The summed E-state index contributed by atoms with van der Waals surface area (Å²) in [6.07, 6.45) is -0.134. The maximum absolute atomic E-state index is 13.6. The zero-order valence-corrected chi connectivity index (χ0v) is 14.7. The smallest absolute Gasteiger partial charge is 0.226 e. The van der Waals surface area contributed by atoms with Crippen LogP contribution in [0.2, 0.25) is 0 Å². The molecule has 1 N–H and O–H groups in total. The molecule has 0 aliphatic rings. The number of rotatable bonds is 5. The van der Waals surface area contributed by atoms with Crippen molar-refractivity contribution in [2.45, 2.75) is 27.2 Å². The van der Waals surface area contributed by atoms with Crippen LogP contribution < -0.4 is 10.2 Å². The molecule has 2 aromatic rings. The lowest BCUT2D eigenvalue weighted by Gasteiger charge is -2.22. The molecule has 0 saturated heterocycles. The molecule has 0 aromatic heterocycles. The number of nitrogens with one attached hydrogen (secondary N) is 1. The van der Waals surface area contributed by atoms with E-state index in [-0.39, 0.29) is 18.9 Å². The first-order valence-corrected chi connectivity index (χ1v) is 7.99. The van der Waals surface area contributed by atoms with E-state index < -0.39 is 29.0 Å². The van der Waals surface area contributed by atoms with Crippen molar-refractivity contribution in [3.8, 4) is 0 Å². The Morgan fingerprint density at radius 2 is 1.69 bits per heavy atom. The molecule has 26 heavy (non-hydrogen) atoms. The van der Waals surface area contributed by atoms with Crippen LogP contribution in [0.4, 0.5) is 24.5 Å². The molecule has 138 valence electrons. The summed E-state index contributed by atoms with van der Waals surface area (Å²) in [5, 5.41) is 2.19. The monoisotopic (exact) mass is 364 g/mol. The summed E-state index contributed by atoms with van der Waals surface area (Å²) in [5.74, 6) is -5.32. The Morgan fingerprint density at radius 3 is 2.31 bits per heavy atom. The standard InChI is InChI=1S/C19H19F3N2O2/c1-11-4-5-14(10-12(11)2)24(13(3)25)9-8-17(26)23-16-7-6-15(20)18(21)19(16)22/h4-7,10H,8-9H2,1-3H3,(H,23,26). The normalized spacial score (nSPS) is 10.5. The first-order chi connectivity index (χ1) is 12.2. The van der Waals surface area contributed by atoms with Crippen LogP contribution in [-0.4, -0.2) is 18.4 Å². The molecule has 2 aromatic carbocycles. The number of carbonyl (C=O) groups excluding carboxylic acids is 2. The molecular formula is C19H19F3N2O2. The van der Waals surface area contributed by atoms with Crippen molar-refractivity contribution in [2.24, 2.45) is 0 Å². The highest BCUT2D eigenvalue weighted by Crippen LogP contribution is 2.21. The van der Waals surface area contributed by atoms with E-state index >= 15 is 0 Å². The van der Waals surface area contributed by atoms with Gasteiger partial charge in [-0.2, -0.15) is 0 Å². The van der Waals surface area contributed by atoms with E-state index in [1.807, 2.05) is 26.0 Å². The number of aryl methyl sites for hydroxylation is 2. The number of nitrogens with zero attached hydrogens (tertiary/aromatic N) is 1. The van der Waals surface area contributed by atoms with Gasteiger partial charge < -0.3 is 10.2 Å². The Balaban J connectivity index is 2.07. The number of carbonyl (C=O) groups is 2. The van der Waals surface area contributed by atoms with Gasteiger partial charge in [-0.15, -0.1) is 0 Å². The van der Waals surface area contributed by atoms with Crippen LogP contribution >= 0.6 is 0 Å². The zero-order chi connectivity index (χ0) is 19.4. The van der Waals surface area contributed by atoms with Gasteiger partial charge in [-0.05, 0) is 49.2 Å². The largest absolute Gasteiger partial charge is 0.323 e. The molecule has 7 heteroatoms. The lowest BCUT2D eigenvalue weighted by molar-refractivity contribution is -0.117. The molecule has 0 spiro atoms. The van der Waals surface area contributed by atoms with Gasteiger partial charge in [-0.25, -0.2) is 13.2 Å².